The van der Waals surface area contributed by atoms with Crippen LogP contribution in [0.3, 0.4) is 0 Å². The van der Waals surface area contributed by atoms with E-state index in [0.29, 0.717) is 6.61 Å². The Bertz CT molecular complexity index is 155. The van der Waals surface area contributed by atoms with Crippen molar-refractivity contribution in [2.24, 2.45) is 0 Å². The molecule has 1 heterocycles. The zero-order valence-electron chi connectivity index (χ0n) is 8.03. The van der Waals surface area contributed by atoms with Crippen LogP contribution in [0.1, 0.15) is 0 Å². The molecular weight excluding hydrogens is 179 g/mol. The lowest BCUT2D eigenvalue weighted by Crippen LogP contribution is -2.33. The van der Waals surface area contributed by atoms with E-state index in [0.717, 1.165) is 0 Å². The Balaban J connectivity index is 2.55. The Kier molecular flexibility index (Phi) is 4.05. The fourth-order valence-electron chi connectivity index (χ4n) is 1.45. The standard InChI is InChI=1S/C8H15FO4/c1-10-4-5-7(11-2)6(9)8(12-3)13-5/h5-8H,4H2,1-3H3. The smallest absolute Gasteiger partial charge is 0.191 e. The number of halogens is 1. The van der Waals surface area contributed by atoms with Gasteiger partial charge < -0.3 is 18.9 Å². The highest BCUT2D eigenvalue weighted by atomic mass is 19.1. The number of hydrogen-bond donors (Lipinski definition) is 0. The molecular formula is C8H15FO4. The maximum Gasteiger partial charge on any atom is 0.191 e. The number of hydrogen-bond acceptors (Lipinski definition) is 4. The topological polar surface area (TPSA) is 36.9 Å². The van der Waals surface area contributed by atoms with Crippen LogP contribution in [0.2, 0.25) is 0 Å². The minimum atomic E-state index is -1.25. The molecule has 1 rings (SSSR count). The lowest BCUT2D eigenvalue weighted by molar-refractivity contribution is -0.143. The van der Waals surface area contributed by atoms with Crippen LogP contribution in [-0.4, -0.2) is 52.6 Å². The largest absolute Gasteiger partial charge is 0.382 e. The first-order chi connectivity index (χ1) is 6.24. The molecule has 0 amide bonds. The van der Waals surface area contributed by atoms with Gasteiger partial charge in [0.05, 0.1) is 6.61 Å². The highest BCUT2D eigenvalue weighted by Gasteiger charge is 2.45. The Morgan fingerprint density at radius 2 is 1.92 bits per heavy atom. The molecule has 0 aromatic heterocycles. The second-order valence-corrected chi connectivity index (χ2v) is 2.88. The van der Waals surface area contributed by atoms with Gasteiger partial charge in [-0.25, -0.2) is 4.39 Å². The first kappa shape index (κ1) is 10.8. The molecule has 1 fully saturated rings. The summed E-state index contributed by atoms with van der Waals surface area (Å²) in [7, 11) is 4.38. The average molecular weight is 194 g/mol. The predicted octanol–water partition coefficient (Wildman–Crippen LogP) is 0.357. The molecule has 5 heteroatoms. The third kappa shape index (κ3) is 2.17. The van der Waals surface area contributed by atoms with Crippen LogP contribution in [0.5, 0.6) is 0 Å². The number of methoxy groups -OCH3 is 3. The Hall–Kier alpha value is -0.230. The van der Waals surface area contributed by atoms with Crippen LogP contribution in [0.15, 0.2) is 0 Å². The van der Waals surface area contributed by atoms with Gasteiger partial charge in [0.15, 0.2) is 12.5 Å². The van der Waals surface area contributed by atoms with Crippen molar-refractivity contribution in [1.82, 2.24) is 0 Å². The zero-order valence-corrected chi connectivity index (χ0v) is 8.03. The first-order valence-corrected chi connectivity index (χ1v) is 4.08. The van der Waals surface area contributed by atoms with Crippen molar-refractivity contribution in [3.63, 3.8) is 0 Å². The van der Waals surface area contributed by atoms with E-state index in [1.54, 1.807) is 0 Å². The lowest BCUT2D eigenvalue weighted by atomic mass is 10.1. The molecule has 1 aliphatic rings. The van der Waals surface area contributed by atoms with Gasteiger partial charge in [-0.3, -0.25) is 0 Å². The summed E-state index contributed by atoms with van der Waals surface area (Å²) >= 11 is 0. The minimum Gasteiger partial charge on any atom is -0.382 e. The molecule has 4 unspecified atom stereocenters. The minimum absolute atomic E-state index is 0.304. The van der Waals surface area contributed by atoms with E-state index in [9.17, 15) is 4.39 Å². The highest BCUT2D eigenvalue weighted by Crippen LogP contribution is 2.26. The second-order valence-electron chi connectivity index (χ2n) is 2.88. The molecule has 0 saturated carbocycles. The van der Waals surface area contributed by atoms with E-state index >= 15 is 0 Å². The van der Waals surface area contributed by atoms with E-state index in [4.69, 9.17) is 18.9 Å². The molecule has 4 atom stereocenters. The van der Waals surface area contributed by atoms with E-state index in [-0.39, 0.29) is 0 Å². The SMILES string of the molecule is COCC1OC(OC)C(F)C1OC. The molecule has 13 heavy (non-hydrogen) atoms. The molecule has 0 aliphatic carbocycles. The van der Waals surface area contributed by atoms with E-state index in [1.807, 2.05) is 0 Å². The second kappa shape index (κ2) is 4.85. The molecule has 0 N–H and O–H groups in total. The third-order valence-corrected chi connectivity index (χ3v) is 2.08. The molecule has 1 saturated heterocycles. The Morgan fingerprint density at radius 1 is 1.23 bits per heavy atom. The van der Waals surface area contributed by atoms with Gasteiger partial charge in [0, 0.05) is 21.3 Å². The zero-order chi connectivity index (χ0) is 9.84. The number of ether oxygens (including phenoxy) is 4. The Morgan fingerprint density at radius 3 is 2.38 bits per heavy atom. The van der Waals surface area contributed by atoms with Crippen LogP contribution in [0.4, 0.5) is 4.39 Å². The first-order valence-electron chi connectivity index (χ1n) is 4.08. The van der Waals surface area contributed by atoms with Gasteiger partial charge in [0.2, 0.25) is 0 Å². The van der Waals surface area contributed by atoms with Gasteiger partial charge in [-0.15, -0.1) is 0 Å². The van der Waals surface area contributed by atoms with Crippen molar-refractivity contribution in [3.05, 3.63) is 0 Å². The van der Waals surface area contributed by atoms with E-state index in [2.05, 4.69) is 0 Å². The summed E-state index contributed by atoms with van der Waals surface area (Å²) in [6.07, 6.45) is -3.10. The molecule has 0 bridgehead atoms. The lowest BCUT2D eigenvalue weighted by Gasteiger charge is -2.15. The Labute approximate surface area is 76.9 Å². The van der Waals surface area contributed by atoms with Crippen molar-refractivity contribution >= 4 is 0 Å². The summed E-state index contributed by atoms with van der Waals surface area (Å²) < 4.78 is 33.2. The van der Waals surface area contributed by atoms with E-state index < -0.39 is 24.7 Å². The van der Waals surface area contributed by atoms with Crippen LogP contribution in [0, 0.1) is 0 Å². The maximum absolute atomic E-state index is 13.4. The van der Waals surface area contributed by atoms with Crippen LogP contribution < -0.4 is 0 Å². The normalized spacial score (nSPS) is 39.7. The molecule has 0 aromatic rings. The van der Waals surface area contributed by atoms with Crippen molar-refractivity contribution in [2.75, 3.05) is 27.9 Å². The highest BCUT2D eigenvalue weighted by molar-refractivity contribution is 4.87. The molecule has 4 nitrogen and oxygen atoms in total. The van der Waals surface area contributed by atoms with Gasteiger partial charge in [-0.2, -0.15) is 0 Å². The molecule has 1 aliphatic heterocycles. The van der Waals surface area contributed by atoms with Crippen LogP contribution >= 0.6 is 0 Å². The molecule has 78 valence electrons. The molecule has 0 spiro atoms. The third-order valence-electron chi connectivity index (χ3n) is 2.08. The van der Waals surface area contributed by atoms with Crippen molar-refractivity contribution in [2.45, 2.75) is 24.7 Å². The predicted molar refractivity (Wildman–Crippen MR) is 43.2 cm³/mol. The molecule has 0 aromatic carbocycles. The van der Waals surface area contributed by atoms with Crippen LogP contribution in [0.25, 0.3) is 0 Å². The van der Waals surface area contributed by atoms with Gasteiger partial charge >= 0.3 is 0 Å². The van der Waals surface area contributed by atoms with Gasteiger partial charge in [0.1, 0.15) is 12.2 Å². The fourth-order valence-corrected chi connectivity index (χ4v) is 1.45. The summed E-state index contributed by atoms with van der Waals surface area (Å²) in [6, 6.07) is 0. The van der Waals surface area contributed by atoms with Crippen molar-refractivity contribution in [1.29, 1.82) is 0 Å². The fraction of sp³-hybridized carbons (Fsp3) is 1.00. The number of alkyl halides is 1. The summed E-state index contributed by atoms with van der Waals surface area (Å²) in [5, 5.41) is 0. The summed E-state index contributed by atoms with van der Waals surface area (Å²) in [4.78, 5) is 0. The average Bonchev–Trinajstić information content (AvgIpc) is 2.43. The summed E-state index contributed by atoms with van der Waals surface area (Å²) in [6.45, 7) is 0.304. The monoisotopic (exact) mass is 194 g/mol. The number of rotatable bonds is 4. The summed E-state index contributed by atoms with van der Waals surface area (Å²) in [5.41, 5.74) is 0. The summed E-state index contributed by atoms with van der Waals surface area (Å²) in [5.74, 6) is 0. The van der Waals surface area contributed by atoms with Gasteiger partial charge in [0.25, 0.3) is 0 Å². The van der Waals surface area contributed by atoms with Gasteiger partial charge in [-0.05, 0) is 0 Å². The maximum atomic E-state index is 13.4. The van der Waals surface area contributed by atoms with Gasteiger partial charge in [-0.1, -0.05) is 0 Å². The van der Waals surface area contributed by atoms with E-state index in [1.165, 1.54) is 21.3 Å². The van der Waals surface area contributed by atoms with Crippen molar-refractivity contribution < 1.29 is 23.3 Å². The van der Waals surface area contributed by atoms with Crippen molar-refractivity contribution in [3.8, 4) is 0 Å². The quantitative estimate of drug-likeness (QED) is 0.647. The van der Waals surface area contributed by atoms with Crippen LogP contribution in [-0.2, 0) is 18.9 Å². The molecule has 0 radical (unpaired) electrons.